The molecule has 0 fully saturated rings. The Kier molecular flexibility index (Phi) is 9.79. The van der Waals surface area contributed by atoms with E-state index in [2.05, 4.69) is 121 Å². The lowest BCUT2D eigenvalue weighted by Crippen LogP contribution is -2.22. The van der Waals surface area contributed by atoms with Gasteiger partial charge in [0.1, 0.15) is 11.5 Å². The highest BCUT2D eigenvalue weighted by Gasteiger charge is 2.32. The molecule has 0 saturated carbocycles. The number of aromatic hydroxyl groups is 1. The third-order valence-corrected chi connectivity index (χ3v) is 9.04. The van der Waals surface area contributed by atoms with E-state index in [-0.39, 0.29) is 31.7 Å². The van der Waals surface area contributed by atoms with Gasteiger partial charge >= 0.3 is 5.97 Å². The summed E-state index contributed by atoms with van der Waals surface area (Å²) in [4.78, 5) is 14.7. The number of hydrogen-bond acceptors (Lipinski definition) is 5. The fourth-order valence-corrected chi connectivity index (χ4v) is 7.06. The Hall–Kier alpha value is -1.59. The maximum atomic E-state index is 12.4. The third kappa shape index (κ3) is 8.70. The summed E-state index contributed by atoms with van der Waals surface area (Å²) in [7, 11) is 0. The first kappa shape index (κ1) is 33.6. The minimum atomic E-state index is -0.209. The zero-order valence-electron chi connectivity index (χ0n) is 27.1. The summed E-state index contributed by atoms with van der Waals surface area (Å²) in [6.45, 7) is 32.3. The van der Waals surface area contributed by atoms with Gasteiger partial charge in [-0.2, -0.15) is 0 Å². The maximum Gasteiger partial charge on any atom is 0.310 e. The van der Waals surface area contributed by atoms with E-state index in [9.17, 15) is 9.90 Å². The lowest BCUT2D eigenvalue weighted by Gasteiger charge is -2.32. The van der Waals surface area contributed by atoms with Crippen LogP contribution in [0, 0.1) is 0 Å². The van der Waals surface area contributed by atoms with Crippen LogP contribution in [0.25, 0.3) is 0 Å². The van der Waals surface area contributed by atoms with Gasteiger partial charge < -0.3 is 9.84 Å². The van der Waals surface area contributed by atoms with Gasteiger partial charge in [0.25, 0.3) is 0 Å². The van der Waals surface area contributed by atoms with E-state index in [0.29, 0.717) is 17.9 Å². The van der Waals surface area contributed by atoms with E-state index >= 15 is 0 Å². The molecule has 3 nitrogen and oxygen atoms in total. The van der Waals surface area contributed by atoms with Crippen LogP contribution in [0.4, 0.5) is 0 Å². The van der Waals surface area contributed by atoms with Crippen LogP contribution in [0.5, 0.6) is 11.5 Å². The van der Waals surface area contributed by atoms with Crippen molar-refractivity contribution in [3.8, 4) is 11.5 Å². The quantitative estimate of drug-likeness (QED) is 0.161. The Balaban J connectivity index is 2.64. The Labute approximate surface area is 247 Å². The number of phenols is 1. The Morgan fingerprint density at radius 2 is 0.949 bits per heavy atom. The molecule has 0 aromatic heterocycles. The number of phenolic OH excluding ortho intramolecular Hbond substituents is 1. The molecule has 0 aliphatic rings. The largest absolute Gasteiger partial charge is 0.507 e. The van der Waals surface area contributed by atoms with Gasteiger partial charge in [-0.3, -0.25) is 4.79 Å². The number of carbonyl (C=O) groups excluding carboxylic acids is 1. The molecule has 2 aromatic rings. The first-order valence-corrected chi connectivity index (χ1v) is 15.7. The highest BCUT2D eigenvalue weighted by molar-refractivity contribution is 8.18. The van der Waals surface area contributed by atoms with Gasteiger partial charge in [0.15, 0.2) is 0 Å². The molecule has 0 atom stereocenters. The smallest absolute Gasteiger partial charge is 0.310 e. The summed E-state index contributed by atoms with van der Waals surface area (Å²) in [6.07, 6.45) is 0.340. The van der Waals surface area contributed by atoms with E-state index in [4.69, 9.17) is 4.74 Å². The van der Waals surface area contributed by atoms with Crippen molar-refractivity contribution < 1.29 is 14.6 Å². The monoisotopic (exact) mass is 572 g/mol. The molecule has 39 heavy (non-hydrogen) atoms. The molecule has 2 rings (SSSR count). The number of rotatable bonds is 6. The van der Waals surface area contributed by atoms with Crippen LogP contribution in [0.3, 0.4) is 0 Å². The van der Waals surface area contributed by atoms with Gasteiger partial charge in [0.05, 0.1) is 4.08 Å². The van der Waals surface area contributed by atoms with Crippen LogP contribution in [-0.4, -0.2) is 15.2 Å². The Morgan fingerprint density at radius 3 is 1.23 bits per heavy atom. The van der Waals surface area contributed by atoms with Crippen LogP contribution in [0.15, 0.2) is 34.1 Å². The number of esters is 1. The van der Waals surface area contributed by atoms with Gasteiger partial charge in [-0.25, -0.2) is 0 Å². The second-order valence-electron chi connectivity index (χ2n) is 15.1. The molecule has 0 radical (unpaired) electrons. The predicted molar refractivity (Wildman–Crippen MR) is 171 cm³/mol. The van der Waals surface area contributed by atoms with E-state index in [1.165, 1.54) is 0 Å². The van der Waals surface area contributed by atoms with Gasteiger partial charge in [0.2, 0.25) is 0 Å². The molecular weight excluding hydrogens is 521 g/mol. The van der Waals surface area contributed by atoms with Crippen LogP contribution >= 0.6 is 23.5 Å². The first-order valence-electron chi connectivity index (χ1n) is 14.0. The summed E-state index contributed by atoms with van der Waals surface area (Å²) < 4.78 is 5.78. The van der Waals surface area contributed by atoms with E-state index in [1.54, 1.807) is 0 Å². The average molecular weight is 573 g/mol. The molecular formula is C34H52O3S2. The third-order valence-electron chi connectivity index (χ3n) is 6.61. The molecule has 0 bridgehead atoms. The summed E-state index contributed by atoms with van der Waals surface area (Å²) in [6, 6.07) is 8.73. The van der Waals surface area contributed by atoms with Gasteiger partial charge in [0, 0.05) is 38.5 Å². The van der Waals surface area contributed by atoms with E-state index < -0.39 is 0 Å². The first-order chi connectivity index (χ1) is 17.4. The van der Waals surface area contributed by atoms with E-state index in [0.717, 1.165) is 32.0 Å². The second kappa shape index (κ2) is 11.4. The predicted octanol–water partition coefficient (Wildman–Crippen LogP) is 10.5. The number of ether oxygens (including phenoxy) is 1. The molecule has 0 aliphatic carbocycles. The van der Waals surface area contributed by atoms with Crippen LogP contribution in [-0.2, 0) is 26.5 Å². The Morgan fingerprint density at radius 1 is 0.641 bits per heavy atom. The van der Waals surface area contributed by atoms with Crippen molar-refractivity contribution in [1.82, 2.24) is 0 Å². The fourth-order valence-electron chi connectivity index (χ4n) is 4.47. The molecule has 0 unspecified atom stereocenters. The molecule has 2 aromatic carbocycles. The number of carbonyl (C=O) groups is 1. The number of benzene rings is 2. The molecule has 0 heterocycles. The normalized spacial score (nSPS) is 13.5. The minimum absolute atomic E-state index is 0.174. The average Bonchev–Trinajstić information content (AvgIpc) is 2.71. The summed E-state index contributed by atoms with van der Waals surface area (Å²) in [5.41, 5.74) is 3.31. The summed E-state index contributed by atoms with van der Waals surface area (Å²) in [5.74, 6) is 0.908. The zero-order chi connectivity index (χ0) is 30.4. The molecule has 0 amide bonds. The molecule has 0 aliphatic heterocycles. The summed E-state index contributed by atoms with van der Waals surface area (Å²) >= 11 is 3.65. The lowest BCUT2D eigenvalue weighted by molar-refractivity contribution is -0.134. The van der Waals surface area contributed by atoms with Crippen LogP contribution in [0.1, 0.15) is 133 Å². The highest BCUT2D eigenvalue weighted by atomic mass is 32.2. The van der Waals surface area contributed by atoms with Crippen molar-refractivity contribution in [2.45, 2.75) is 146 Å². The lowest BCUT2D eigenvalue weighted by atomic mass is 9.79. The Bertz CT molecular complexity index is 1130. The van der Waals surface area contributed by atoms with Crippen molar-refractivity contribution in [2.75, 3.05) is 0 Å². The van der Waals surface area contributed by atoms with E-state index in [1.807, 2.05) is 30.4 Å². The highest BCUT2D eigenvalue weighted by Crippen LogP contribution is 2.51. The standard InChI is InChI=1S/C34H52O3S2/c1-16-27(35)37-29-25(32(8,9)10)19-22(20-26(29)33(11,12)13)39-34(14,15)38-21-17-23(30(2,3)4)28(36)24(18-21)31(5,6)7/h17-20,36H,16H2,1-15H3. The summed E-state index contributed by atoms with van der Waals surface area (Å²) in [5, 5.41) is 11.2. The number of thioether (sulfide) groups is 2. The molecule has 218 valence electrons. The van der Waals surface area contributed by atoms with Crippen molar-refractivity contribution in [3.63, 3.8) is 0 Å². The number of hydrogen-bond donors (Lipinski definition) is 1. The molecule has 0 spiro atoms. The second-order valence-corrected chi connectivity index (χ2v) is 18.8. The zero-order valence-corrected chi connectivity index (χ0v) is 28.7. The van der Waals surface area contributed by atoms with Crippen LogP contribution in [0.2, 0.25) is 0 Å². The SMILES string of the molecule is CCC(=O)Oc1c(C(C)(C)C)cc(SC(C)(C)Sc2cc(C(C)(C)C)c(O)c(C(C)(C)C)c2)cc1C(C)(C)C. The molecule has 0 saturated heterocycles. The topological polar surface area (TPSA) is 46.5 Å². The minimum Gasteiger partial charge on any atom is -0.507 e. The van der Waals surface area contributed by atoms with Crippen molar-refractivity contribution in [1.29, 1.82) is 0 Å². The van der Waals surface area contributed by atoms with Gasteiger partial charge in [-0.05, 0) is 59.8 Å². The van der Waals surface area contributed by atoms with Gasteiger partial charge in [-0.15, -0.1) is 23.5 Å². The van der Waals surface area contributed by atoms with Crippen LogP contribution < -0.4 is 4.74 Å². The molecule has 5 heteroatoms. The van der Waals surface area contributed by atoms with Crippen molar-refractivity contribution in [3.05, 3.63) is 46.5 Å². The maximum absolute atomic E-state index is 12.4. The van der Waals surface area contributed by atoms with Gasteiger partial charge in [-0.1, -0.05) is 90.0 Å². The fraction of sp³-hybridized carbons (Fsp3) is 0.618. The van der Waals surface area contributed by atoms with Crippen molar-refractivity contribution in [2.24, 2.45) is 0 Å². The van der Waals surface area contributed by atoms with Crippen molar-refractivity contribution >= 4 is 29.5 Å². The molecule has 1 N–H and O–H groups in total.